The number of nitro benzene ring substituents is 1. The number of nitro groups is 1. The predicted molar refractivity (Wildman–Crippen MR) is 121 cm³/mol. The molecule has 9 heteroatoms. The van der Waals surface area contributed by atoms with E-state index in [1.54, 1.807) is 6.07 Å². The van der Waals surface area contributed by atoms with Crippen LogP contribution in [0, 0.1) is 10.1 Å². The van der Waals surface area contributed by atoms with Crippen LogP contribution in [0.1, 0.15) is 11.4 Å². The summed E-state index contributed by atoms with van der Waals surface area (Å²) < 4.78 is 12.9. The number of aromatic nitrogens is 3. The summed E-state index contributed by atoms with van der Waals surface area (Å²) in [5.74, 6) is 2.12. The van der Waals surface area contributed by atoms with Crippen LogP contribution in [-0.4, -0.2) is 26.8 Å². The fourth-order valence-corrected chi connectivity index (χ4v) is 4.02. The molecule has 0 spiro atoms. The Hall–Kier alpha value is -3.85. The van der Waals surface area contributed by atoms with E-state index in [1.807, 2.05) is 71.3 Å². The third-order valence-corrected chi connectivity index (χ3v) is 5.63. The van der Waals surface area contributed by atoms with Crippen LogP contribution in [0.4, 0.5) is 5.69 Å². The standard InChI is InChI=1S/C23H20N4O4S/c1-30-21-13-12-17(14-20(21)27(28)29)16-32-23-25-24-22(15-31-19-10-6-3-7-11-19)26(23)18-8-4-2-5-9-18/h2-14H,15-16H2,1H3. The minimum Gasteiger partial charge on any atom is -0.490 e. The number of rotatable bonds is 9. The highest BCUT2D eigenvalue weighted by Gasteiger charge is 2.18. The number of hydrogen-bond donors (Lipinski definition) is 0. The van der Waals surface area contributed by atoms with E-state index in [0.29, 0.717) is 16.7 Å². The number of hydrogen-bond acceptors (Lipinski definition) is 7. The van der Waals surface area contributed by atoms with Gasteiger partial charge in [-0.3, -0.25) is 14.7 Å². The van der Waals surface area contributed by atoms with Crippen molar-refractivity contribution in [1.82, 2.24) is 14.8 Å². The summed E-state index contributed by atoms with van der Waals surface area (Å²) in [5, 5.41) is 20.7. The molecule has 0 radical (unpaired) electrons. The molecule has 1 heterocycles. The molecule has 4 rings (SSSR count). The van der Waals surface area contributed by atoms with Gasteiger partial charge in [0.15, 0.2) is 16.7 Å². The molecule has 1 aromatic heterocycles. The van der Waals surface area contributed by atoms with Crippen molar-refractivity contribution in [3.63, 3.8) is 0 Å². The second kappa shape index (κ2) is 9.97. The molecule has 8 nitrogen and oxygen atoms in total. The van der Waals surface area contributed by atoms with Crippen molar-refractivity contribution in [2.45, 2.75) is 17.5 Å². The monoisotopic (exact) mass is 448 g/mol. The molecular weight excluding hydrogens is 428 g/mol. The highest BCUT2D eigenvalue weighted by atomic mass is 32.2. The highest BCUT2D eigenvalue weighted by molar-refractivity contribution is 7.98. The van der Waals surface area contributed by atoms with Crippen LogP contribution in [-0.2, 0) is 12.4 Å². The molecule has 0 aliphatic rings. The molecule has 0 atom stereocenters. The molecular formula is C23H20N4O4S. The summed E-state index contributed by atoms with van der Waals surface area (Å²) in [5.41, 5.74) is 1.63. The van der Waals surface area contributed by atoms with Crippen LogP contribution >= 0.6 is 11.8 Å². The molecule has 3 aromatic carbocycles. The van der Waals surface area contributed by atoms with E-state index >= 15 is 0 Å². The summed E-state index contributed by atoms with van der Waals surface area (Å²) in [4.78, 5) is 10.9. The summed E-state index contributed by atoms with van der Waals surface area (Å²) in [6.07, 6.45) is 0. The fraction of sp³-hybridized carbons (Fsp3) is 0.130. The molecule has 0 aliphatic heterocycles. The van der Waals surface area contributed by atoms with Crippen LogP contribution in [0.2, 0.25) is 0 Å². The number of thioether (sulfide) groups is 1. The van der Waals surface area contributed by atoms with Gasteiger partial charge in [-0.2, -0.15) is 0 Å². The van der Waals surface area contributed by atoms with Gasteiger partial charge in [-0.05, 0) is 35.9 Å². The van der Waals surface area contributed by atoms with Gasteiger partial charge in [0.25, 0.3) is 0 Å². The van der Waals surface area contributed by atoms with Crippen LogP contribution in [0.3, 0.4) is 0 Å². The molecule has 0 saturated carbocycles. The molecule has 4 aromatic rings. The lowest BCUT2D eigenvalue weighted by Gasteiger charge is -2.11. The Balaban J connectivity index is 1.58. The van der Waals surface area contributed by atoms with Gasteiger partial charge in [-0.15, -0.1) is 10.2 Å². The number of benzene rings is 3. The summed E-state index contributed by atoms with van der Waals surface area (Å²) >= 11 is 1.44. The van der Waals surface area contributed by atoms with Gasteiger partial charge >= 0.3 is 5.69 Å². The van der Waals surface area contributed by atoms with E-state index in [1.165, 1.54) is 24.9 Å². The zero-order valence-corrected chi connectivity index (χ0v) is 18.1. The normalized spacial score (nSPS) is 10.7. The molecule has 0 N–H and O–H groups in total. The van der Waals surface area contributed by atoms with Crippen molar-refractivity contribution < 1.29 is 14.4 Å². The average molecular weight is 449 g/mol. The number of ether oxygens (including phenoxy) is 2. The smallest absolute Gasteiger partial charge is 0.311 e. The first-order chi connectivity index (χ1) is 15.7. The van der Waals surface area contributed by atoms with E-state index in [0.717, 1.165) is 17.0 Å². The maximum absolute atomic E-state index is 11.3. The lowest BCUT2D eigenvalue weighted by molar-refractivity contribution is -0.385. The van der Waals surface area contributed by atoms with Gasteiger partial charge < -0.3 is 9.47 Å². The Morgan fingerprint density at radius 3 is 2.41 bits per heavy atom. The van der Waals surface area contributed by atoms with Gasteiger partial charge in [-0.25, -0.2) is 0 Å². The van der Waals surface area contributed by atoms with E-state index in [4.69, 9.17) is 9.47 Å². The maximum atomic E-state index is 11.3. The SMILES string of the molecule is COc1ccc(CSc2nnc(COc3ccccc3)n2-c2ccccc2)cc1[N+](=O)[O-]. The third kappa shape index (κ3) is 4.89. The summed E-state index contributed by atoms with van der Waals surface area (Å²) in [6, 6.07) is 24.2. The molecule has 0 amide bonds. The zero-order valence-electron chi connectivity index (χ0n) is 17.2. The Labute approximate surface area is 189 Å². The Bertz CT molecular complexity index is 1200. The van der Waals surface area contributed by atoms with E-state index < -0.39 is 4.92 Å². The molecule has 162 valence electrons. The number of methoxy groups -OCH3 is 1. The van der Waals surface area contributed by atoms with E-state index in [-0.39, 0.29) is 18.0 Å². The lowest BCUT2D eigenvalue weighted by Crippen LogP contribution is -2.06. The molecule has 0 aliphatic carbocycles. The van der Waals surface area contributed by atoms with E-state index in [9.17, 15) is 10.1 Å². The van der Waals surface area contributed by atoms with E-state index in [2.05, 4.69) is 10.2 Å². The van der Waals surface area contributed by atoms with Crippen molar-refractivity contribution in [3.05, 3.63) is 100 Å². The predicted octanol–water partition coefficient (Wildman–Crippen LogP) is 5.06. The first-order valence-electron chi connectivity index (χ1n) is 9.77. The van der Waals surface area contributed by atoms with Crippen LogP contribution in [0.15, 0.2) is 84.0 Å². The van der Waals surface area contributed by atoms with Crippen molar-refractivity contribution in [2.75, 3.05) is 7.11 Å². The quantitative estimate of drug-likeness (QED) is 0.201. The molecule has 0 unspecified atom stereocenters. The first-order valence-corrected chi connectivity index (χ1v) is 10.8. The largest absolute Gasteiger partial charge is 0.490 e. The summed E-state index contributed by atoms with van der Waals surface area (Å²) in [7, 11) is 1.41. The third-order valence-electron chi connectivity index (χ3n) is 4.63. The molecule has 0 bridgehead atoms. The lowest BCUT2D eigenvalue weighted by atomic mass is 10.2. The number of para-hydroxylation sites is 2. The van der Waals surface area contributed by atoms with Crippen molar-refractivity contribution >= 4 is 17.4 Å². The van der Waals surface area contributed by atoms with Gasteiger partial charge in [0.05, 0.1) is 12.0 Å². The second-order valence-corrected chi connectivity index (χ2v) is 7.67. The van der Waals surface area contributed by atoms with Gasteiger partial charge in [0.2, 0.25) is 0 Å². The van der Waals surface area contributed by atoms with Crippen molar-refractivity contribution in [3.8, 4) is 17.2 Å². The first kappa shape index (κ1) is 21.4. The Morgan fingerprint density at radius 2 is 1.72 bits per heavy atom. The van der Waals surface area contributed by atoms with Gasteiger partial charge in [0.1, 0.15) is 12.4 Å². The van der Waals surface area contributed by atoms with Crippen LogP contribution in [0.25, 0.3) is 5.69 Å². The van der Waals surface area contributed by atoms with Gasteiger partial charge in [-0.1, -0.05) is 54.2 Å². The topological polar surface area (TPSA) is 92.3 Å². The maximum Gasteiger partial charge on any atom is 0.311 e. The zero-order chi connectivity index (χ0) is 22.3. The fourth-order valence-electron chi connectivity index (χ4n) is 3.10. The van der Waals surface area contributed by atoms with Crippen LogP contribution < -0.4 is 9.47 Å². The Kier molecular flexibility index (Phi) is 6.66. The molecule has 32 heavy (non-hydrogen) atoms. The van der Waals surface area contributed by atoms with Gasteiger partial charge in [0, 0.05) is 17.5 Å². The minimum absolute atomic E-state index is 0.0629. The number of nitrogens with zero attached hydrogens (tertiary/aromatic N) is 4. The molecule has 0 fully saturated rings. The average Bonchev–Trinajstić information content (AvgIpc) is 3.25. The van der Waals surface area contributed by atoms with Crippen molar-refractivity contribution in [1.29, 1.82) is 0 Å². The second-order valence-electron chi connectivity index (χ2n) is 6.72. The minimum atomic E-state index is -0.446. The van der Waals surface area contributed by atoms with Crippen LogP contribution in [0.5, 0.6) is 11.5 Å². The highest BCUT2D eigenvalue weighted by Crippen LogP contribution is 2.31. The molecule has 0 saturated heterocycles. The summed E-state index contributed by atoms with van der Waals surface area (Å²) in [6.45, 7) is 0.250. The Morgan fingerprint density at radius 1 is 1.00 bits per heavy atom. The van der Waals surface area contributed by atoms with Crippen molar-refractivity contribution in [2.24, 2.45) is 0 Å².